The predicted octanol–water partition coefficient (Wildman–Crippen LogP) is 3.01. The second kappa shape index (κ2) is 7.18. The summed E-state index contributed by atoms with van der Waals surface area (Å²) in [6.45, 7) is 7.43. The van der Waals surface area contributed by atoms with Crippen molar-refractivity contribution in [1.82, 2.24) is 15.5 Å². The van der Waals surface area contributed by atoms with E-state index >= 15 is 0 Å². The van der Waals surface area contributed by atoms with Crippen LogP contribution in [-0.2, 0) is 0 Å². The maximum Gasteiger partial charge on any atom is 0.258 e. The maximum atomic E-state index is 12.9. The second-order valence-corrected chi connectivity index (χ2v) is 5.76. The molecule has 0 spiro atoms. The van der Waals surface area contributed by atoms with Crippen LogP contribution in [0.15, 0.2) is 47.5 Å². The summed E-state index contributed by atoms with van der Waals surface area (Å²) < 4.78 is 5.16. The van der Waals surface area contributed by atoms with E-state index in [2.05, 4.69) is 27.4 Å². The Bertz CT molecular complexity index is 1010. The highest BCUT2D eigenvalue weighted by Gasteiger charge is 2.19. The molecular formula is C19H18N4O3. The van der Waals surface area contributed by atoms with E-state index in [9.17, 15) is 9.59 Å². The Morgan fingerprint density at radius 1 is 1.19 bits per heavy atom. The second-order valence-electron chi connectivity index (χ2n) is 5.76. The molecule has 2 amide bonds. The molecule has 0 saturated heterocycles. The summed E-state index contributed by atoms with van der Waals surface area (Å²) in [6, 6.07) is 8.47. The Balaban J connectivity index is 1.96. The van der Waals surface area contributed by atoms with Crippen LogP contribution in [0, 0.1) is 13.8 Å². The highest BCUT2D eigenvalue weighted by atomic mass is 16.5. The molecule has 2 heterocycles. The molecule has 0 fully saturated rings. The van der Waals surface area contributed by atoms with Gasteiger partial charge in [-0.2, -0.15) is 0 Å². The van der Waals surface area contributed by atoms with Gasteiger partial charge in [0.2, 0.25) is 0 Å². The first-order valence-corrected chi connectivity index (χ1v) is 8.04. The number of para-hydroxylation sites is 1. The fourth-order valence-corrected chi connectivity index (χ4v) is 2.64. The van der Waals surface area contributed by atoms with Gasteiger partial charge in [0.05, 0.1) is 27.9 Å². The van der Waals surface area contributed by atoms with Gasteiger partial charge >= 0.3 is 0 Å². The number of fused-ring (bicyclic) bond motifs is 1. The van der Waals surface area contributed by atoms with E-state index in [1.165, 1.54) is 0 Å². The molecule has 0 bridgehead atoms. The average Bonchev–Trinajstić information content (AvgIpc) is 3.00. The van der Waals surface area contributed by atoms with Crippen LogP contribution in [0.1, 0.15) is 32.1 Å². The van der Waals surface area contributed by atoms with Crippen molar-refractivity contribution in [3.63, 3.8) is 0 Å². The first kappa shape index (κ1) is 17.3. The lowest BCUT2D eigenvalue weighted by atomic mass is 10.1. The van der Waals surface area contributed by atoms with Crippen LogP contribution in [0.2, 0.25) is 0 Å². The number of pyridine rings is 1. The number of hydrogen-bond donors (Lipinski definition) is 2. The zero-order valence-corrected chi connectivity index (χ0v) is 14.5. The Kier molecular flexibility index (Phi) is 4.79. The van der Waals surface area contributed by atoms with E-state index in [1.54, 1.807) is 50.3 Å². The molecule has 3 rings (SSSR count). The van der Waals surface area contributed by atoms with Gasteiger partial charge in [-0.05, 0) is 32.0 Å². The smallest absolute Gasteiger partial charge is 0.258 e. The molecule has 0 atom stereocenters. The number of anilines is 1. The molecule has 0 unspecified atom stereocenters. The number of hydrogen-bond acceptors (Lipinski definition) is 5. The molecule has 0 saturated carbocycles. The van der Waals surface area contributed by atoms with Crippen LogP contribution < -0.4 is 10.6 Å². The third kappa shape index (κ3) is 3.32. The van der Waals surface area contributed by atoms with Gasteiger partial charge in [0, 0.05) is 12.2 Å². The van der Waals surface area contributed by atoms with E-state index in [0.717, 1.165) is 0 Å². The van der Waals surface area contributed by atoms with E-state index in [0.29, 0.717) is 45.8 Å². The maximum absolute atomic E-state index is 12.9. The quantitative estimate of drug-likeness (QED) is 0.690. The van der Waals surface area contributed by atoms with Crippen molar-refractivity contribution >= 4 is 28.6 Å². The molecule has 3 aromatic rings. The van der Waals surface area contributed by atoms with Gasteiger partial charge in [0.15, 0.2) is 0 Å². The van der Waals surface area contributed by atoms with Crippen molar-refractivity contribution < 1.29 is 14.1 Å². The number of amides is 2. The van der Waals surface area contributed by atoms with Gasteiger partial charge in [-0.25, -0.2) is 4.98 Å². The highest BCUT2D eigenvalue weighted by Crippen LogP contribution is 2.24. The molecule has 2 N–H and O–H groups in total. The summed E-state index contributed by atoms with van der Waals surface area (Å²) in [5.74, 6) is -0.659. The number of nitrogens with one attached hydrogen (secondary N) is 2. The minimum atomic E-state index is -0.365. The number of carbonyl (C=O) groups is 2. The fourth-order valence-electron chi connectivity index (χ4n) is 2.64. The van der Waals surface area contributed by atoms with Crippen LogP contribution in [0.4, 0.5) is 5.69 Å². The number of nitrogens with zero attached hydrogens (tertiary/aromatic N) is 2. The van der Waals surface area contributed by atoms with Gasteiger partial charge in [-0.15, -0.1) is 6.58 Å². The van der Waals surface area contributed by atoms with Gasteiger partial charge in [-0.3, -0.25) is 9.59 Å². The molecule has 0 radical (unpaired) electrons. The molecular weight excluding hydrogens is 332 g/mol. The first-order chi connectivity index (χ1) is 12.5. The summed E-state index contributed by atoms with van der Waals surface area (Å²) in [5, 5.41) is 9.93. The van der Waals surface area contributed by atoms with E-state index in [-0.39, 0.29) is 11.8 Å². The molecule has 1 aromatic carbocycles. The van der Waals surface area contributed by atoms with Crippen molar-refractivity contribution in [2.24, 2.45) is 0 Å². The van der Waals surface area contributed by atoms with E-state index < -0.39 is 0 Å². The number of carbonyl (C=O) groups excluding carboxylic acids is 2. The minimum Gasteiger partial charge on any atom is -0.349 e. The number of rotatable bonds is 5. The minimum absolute atomic E-state index is 0.294. The lowest BCUT2D eigenvalue weighted by Crippen LogP contribution is -2.25. The Hall–Kier alpha value is -3.48. The van der Waals surface area contributed by atoms with Gasteiger partial charge in [0.25, 0.3) is 17.5 Å². The molecule has 7 heteroatoms. The predicted molar refractivity (Wildman–Crippen MR) is 98.2 cm³/mol. The third-order valence-corrected chi connectivity index (χ3v) is 3.82. The normalized spacial score (nSPS) is 10.5. The SMILES string of the molecule is C=CCNC(=O)c1ccccc1NC(=O)c1cc(C)nc2onc(C)c12. The molecule has 0 aliphatic heterocycles. The third-order valence-electron chi connectivity index (χ3n) is 3.82. The monoisotopic (exact) mass is 350 g/mol. The Labute approximate surface area is 150 Å². The Morgan fingerprint density at radius 3 is 2.73 bits per heavy atom. The zero-order chi connectivity index (χ0) is 18.7. The number of aromatic nitrogens is 2. The van der Waals surface area contributed by atoms with Crippen molar-refractivity contribution in [3.05, 3.63) is 65.5 Å². The molecule has 26 heavy (non-hydrogen) atoms. The lowest BCUT2D eigenvalue weighted by Gasteiger charge is -2.11. The van der Waals surface area contributed by atoms with Gasteiger partial charge in [0.1, 0.15) is 0 Å². The zero-order valence-electron chi connectivity index (χ0n) is 14.5. The topological polar surface area (TPSA) is 97.1 Å². The summed E-state index contributed by atoms with van der Waals surface area (Å²) in [5.41, 5.74) is 2.70. The van der Waals surface area contributed by atoms with E-state index in [1.807, 2.05) is 0 Å². The number of benzene rings is 1. The molecule has 132 valence electrons. The molecule has 7 nitrogen and oxygen atoms in total. The van der Waals surface area contributed by atoms with Crippen molar-refractivity contribution in [2.45, 2.75) is 13.8 Å². The van der Waals surface area contributed by atoms with Crippen molar-refractivity contribution in [2.75, 3.05) is 11.9 Å². The molecule has 2 aromatic heterocycles. The van der Waals surface area contributed by atoms with Crippen LogP contribution in [0.5, 0.6) is 0 Å². The first-order valence-electron chi connectivity index (χ1n) is 8.04. The van der Waals surface area contributed by atoms with Crippen molar-refractivity contribution in [3.8, 4) is 0 Å². The van der Waals surface area contributed by atoms with Crippen LogP contribution in [-0.4, -0.2) is 28.5 Å². The largest absolute Gasteiger partial charge is 0.349 e. The van der Waals surface area contributed by atoms with Gasteiger partial charge in [-0.1, -0.05) is 23.4 Å². The molecule has 0 aliphatic rings. The standard InChI is InChI=1S/C19H18N4O3/c1-4-9-20-17(24)13-7-5-6-8-15(13)22-18(25)14-10-11(2)21-19-16(14)12(3)23-26-19/h4-8,10H,1,9H2,2-3H3,(H,20,24)(H,22,25). The van der Waals surface area contributed by atoms with Crippen LogP contribution in [0.3, 0.4) is 0 Å². The average molecular weight is 350 g/mol. The number of aryl methyl sites for hydroxylation is 2. The van der Waals surface area contributed by atoms with Crippen molar-refractivity contribution in [1.29, 1.82) is 0 Å². The van der Waals surface area contributed by atoms with Crippen LogP contribution in [0.25, 0.3) is 11.1 Å². The van der Waals surface area contributed by atoms with Crippen LogP contribution >= 0.6 is 0 Å². The lowest BCUT2D eigenvalue weighted by molar-refractivity contribution is 0.0959. The fraction of sp³-hybridized carbons (Fsp3) is 0.158. The summed E-state index contributed by atoms with van der Waals surface area (Å²) in [6.07, 6.45) is 1.59. The van der Waals surface area contributed by atoms with Gasteiger partial charge < -0.3 is 15.2 Å². The highest BCUT2D eigenvalue weighted by molar-refractivity contribution is 6.14. The summed E-state index contributed by atoms with van der Waals surface area (Å²) >= 11 is 0. The summed E-state index contributed by atoms with van der Waals surface area (Å²) in [4.78, 5) is 29.4. The molecule has 0 aliphatic carbocycles. The Morgan fingerprint density at radius 2 is 1.96 bits per heavy atom. The van der Waals surface area contributed by atoms with E-state index in [4.69, 9.17) is 4.52 Å². The summed E-state index contributed by atoms with van der Waals surface area (Å²) in [7, 11) is 0.